The zero-order valence-corrected chi connectivity index (χ0v) is 14.1. The van der Waals surface area contributed by atoms with Crippen molar-refractivity contribution in [1.29, 1.82) is 10.5 Å². The van der Waals surface area contributed by atoms with Crippen LogP contribution in [0, 0.1) is 50.6 Å². The van der Waals surface area contributed by atoms with E-state index in [0.29, 0.717) is 0 Å². The van der Waals surface area contributed by atoms with Gasteiger partial charge < -0.3 is 0 Å². The highest BCUT2D eigenvalue weighted by atomic mass is 15.1. The summed E-state index contributed by atoms with van der Waals surface area (Å²) in [6.45, 7) is 7.68. The first-order chi connectivity index (χ1) is 11.5. The van der Waals surface area contributed by atoms with E-state index in [0.717, 1.165) is 45.0 Å². The fourth-order valence-corrected chi connectivity index (χ4v) is 2.31. The Labute approximate surface area is 141 Å². The fourth-order valence-electron chi connectivity index (χ4n) is 2.31. The van der Waals surface area contributed by atoms with Crippen molar-refractivity contribution in [3.63, 3.8) is 0 Å². The van der Waals surface area contributed by atoms with Crippen molar-refractivity contribution in [2.45, 2.75) is 27.7 Å². The van der Waals surface area contributed by atoms with E-state index >= 15 is 0 Å². The van der Waals surface area contributed by atoms with E-state index in [2.05, 4.69) is 20.9 Å². The van der Waals surface area contributed by atoms with Crippen LogP contribution in [-0.4, -0.2) is 0 Å². The summed E-state index contributed by atoms with van der Waals surface area (Å²) < 4.78 is 0. The van der Waals surface area contributed by atoms with Crippen LogP contribution in [0.15, 0.2) is 34.5 Å². The number of rotatable bonds is 4. The topological polar surface area (TPSA) is 96.4 Å². The minimum absolute atomic E-state index is 0.757. The summed E-state index contributed by atoms with van der Waals surface area (Å²) in [6, 6.07) is 7.55. The zero-order chi connectivity index (χ0) is 17.7. The largest absolute Gasteiger partial charge is 0.293 e. The van der Waals surface area contributed by atoms with E-state index in [1.54, 1.807) is 0 Å². The third-order valence-electron chi connectivity index (χ3n) is 3.73. The quantitative estimate of drug-likeness (QED) is 0.464. The Balaban J connectivity index is 2.35. The molecule has 0 unspecified atom stereocenters. The molecule has 0 aliphatic rings. The van der Waals surface area contributed by atoms with Gasteiger partial charge in [-0.15, -0.1) is 0 Å². The van der Waals surface area contributed by atoms with Crippen LogP contribution in [0.3, 0.4) is 0 Å². The minimum atomic E-state index is 0.757. The number of anilines is 2. The average Bonchev–Trinajstić information content (AvgIpc) is 2.53. The Bertz CT molecular complexity index is 810. The second kappa shape index (κ2) is 7.26. The molecular formula is C18H18N6. The molecule has 0 saturated carbocycles. The number of azo groups is 1. The van der Waals surface area contributed by atoms with Crippen molar-refractivity contribution >= 4 is 22.7 Å². The molecule has 0 atom stereocenters. The van der Waals surface area contributed by atoms with Crippen molar-refractivity contribution < 1.29 is 0 Å². The molecule has 0 aliphatic heterocycles. The summed E-state index contributed by atoms with van der Waals surface area (Å²) >= 11 is 0. The van der Waals surface area contributed by atoms with Crippen LogP contribution >= 0.6 is 0 Å². The second-order valence-corrected chi connectivity index (χ2v) is 5.58. The molecule has 2 N–H and O–H groups in total. The number of nitrogens with zero attached hydrogens (tertiary/aromatic N) is 4. The van der Waals surface area contributed by atoms with Gasteiger partial charge in [-0.3, -0.25) is 10.6 Å². The first-order valence-corrected chi connectivity index (χ1v) is 7.40. The highest BCUT2D eigenvalue weighted by Crippen LogP contribution is 2.31. The normalized spacial score (nSPS) is 10.2. The number of hydrogen-bond donors (Lipinski definition) is 2. The lowest BCUT2D eigenvalue weighted by atomic mass is 10.1. The first-order valence-electron chi connectivity index (χ1n) is 7.40. The van der Waals surface area contributed by atoms with E-state index in [4.69, 9.17) is 10.5 Å². The van der Waals surface area contributed by atoms with Gasteiger partial charge in [0, 0.05) is 0 Å². The minimum Gasteiger partial charge on any atom is -0.293 e. The molecule has 0 aliphatic carbocycles. The summed E-state index contributed by atoms with van der Waals surface area (Å²) in [5, 5.41) is 31.5. The molecule has 2 aromatic carbocycles. The smallest absolute Gasteiger partial charge is 0.181 e. The van der Waals surface area contributed by atoms with Crippen LogP contribution in [0.2, 0.25) is 0 Å². The molecule has 0 saturated heterocycles. The van der Waals surface area contributed by atoms with Gasteiger partial charge in [-0.2, -0.15) is 20.8 Å². The molecule has 6 nitrogen and oxygen atoms in total. The molecule has 2 rings (SSSR count). The van der Waals surface area contributed by atoms with Gasteiger partial charge in [0.05, 0.1) is 22.7 Å². The van der Waals surface area contributed by atoms with E-state index in [9.17, 15) is 0 Å². The first kappa shape index (κ1) is 17.0. The van der Waals surface area contributed by atoms with E-state index in [1.807, 2.05) is 64.3 Å². The van der Waals surface area contributed by atoms with Crippen LogP contribution in [-0.2, 0) is 0 Å². The van der Waals surface area contributed by atoms with Crippen molar-refractivity contribution in [3.8, 4) is 12.4 Å². The molecule has 120 valence electrons. The number of nitrogens with one attached hydrogen (secondary N) is 2. The molecule has 6 heteroatoms. The maximum Gasteiger partial charge on any atom is 0.181 e. The highest BCUT2D eigenvalue weighted by Gasteiger charge is 2.06. The van der Waals surface area contributed by atoms with Crippen molar-refractivity contribution in [3.05, 3.63) is 46.5 Å². The highest BCUT2D eigenvalue weighted by molar-refractivity contribution is 5.64. The lowest BCUT2D eigenvalue weighted by molar-refractivity contribution is 1.18. The lowest BCUT2D eigenvalue weighted by Crippen LogP contribution is -1.92. The summed E-state index contributed by atoms with van der Waals surface area (Å²) in [4.78, 5) is 0. The summed E-state index contributed by atoms with van der Waals surface area (Å²) in [7, 11) is 0. The predicted octanol–water partition coefficient (Wildman–Crippen LogP) is 5.12. The van der Waals surface area contributed by atoms with Crippen molar-refractivity contribution in [2.75, 3.05) is 10.6 Å². The van der Waals surface area contributed by atoms with Crippen LogP contribution in [0.4, 0.5) is 22.7 Å². The molecule has 0 fully saturated rings. The van der Waals surface area contributed by atoms with Crippen LogP contribution < -0.4 is 10.6 Å². The molecule has 0 aromatic heterocycles. The maximum atomic E-state index is 8.75. The van der Waals surface area contributed by atoms with E-state index < -0.39 is 0 Å². The monoisotopic (exact) mass is 318 g/mol. The van der Waals surface area contributed by atoms with E-state index in [-0.39, 0.29) is 0 Å². The Kier molecular flexibility index (Phi) is 5.13. The lowest BCUT2D eigenvalue weighted by Gasteiger charge is -2.08. The Morgan fingerprint density at radius 3 is 1.38 bits per heavy atom. The number of nitriles is 2. The van der Waals surface area contributed by atoms with Crippen LogP contribution in [0.25, 0.3) is 0 Å². The van der Waals surface area contributed by atoms with Crippen LogP contribution in [0.5, 0.6) is 0 Å². The van der Waals surface area contributed by atoms with E-state index in [1.165, 1.54) is 0 Å². The zero-order valence-electron chi connectivity index (χ0n) is 14.1. The van der Waals surface area contributed by atoms with Gasteiger partial charge in [0.15, 0.2) is 12.4 Å². The molecule has 2 aromatic rings. The van der Waals surface area contributed by atoms with Crippen molar-refractivity contribution in [1.82, 2.24) is 0 Å². The summed E-state index contributed by atoms with van der Waals surface area (Å²) in [5.41, 5.74) is 6.77. The maximum absolute atomic E-state index is 8.75. The van der Waals surface area contributed by atoms with Crippen molar-refractivity contribution in [2.24, 2.45) is 10.2 Å². The molecule has 0 bridgehead atoms. The second-order valence-electron chi connectivity index (χ2n) is 5.58. The summed E-state index contributed by atoms with van der Waals surface area (Å²) in [5.74, 6) is 0. The molecular weight excluding hydrogens is 300 g/mol. The SMILES string of the molecule is Cc1cc(NC#N)c(C)cc1N=Nc1cc(C)c(NC#N)cc1C. The number of hydrogen-bond acceptors (Lipinski definition) is 6. The van der Waals surface area contributed by atoms with Crippen LogP contribution in [0.1, 0.15) is 22.3 Å². The van der Waals surface area contributed by atoms with Gasteiger partial charge in [0.2, 0.25) is 0 Å². The molecule has 0 radical (unpaired) electrons. The Hall–Kier alpha value is -3.38. The van der Waals surface area contributed by atoms with Gasteiger partial charge in [-0.1, -0.05) is 0 Å². The van der Waals surface area contributed by atoms with Gasteiger partial charge in [-0.05, 0) is 74.2 Å². The molecule has 24 heavy (non-hydrogen) atoms. The number of benzene rings is 2. The Morgan fingerprint density at radius 2 is 1.04 bits per heavy atom. The third-order valence-corrected chi connectivity index (χ3v) is 3.73. The average molecular weight is 318 g/mol. The van der Waals surface area contributed by atoms with Gasteiger partial charge in [-0.25, -0.2) is 0 Å². The van der Waals surface area contributed by atoms with Gasteiger partial charge in [0.25, 0.3) is 0 Å². The molecule has 0 heterocycles. The fraction of sp³-hybridized carbons (Fsp3) is 0.222. The standard InChI is InChI=1S/C18H18N6/c1-11-7-17(13(3)5-15(11)21-9-19)23-24-18-8-12(2)16(22-10-20)6-14(18)4/h5-8,21-22H,1-4H3. The molecule has 0 amide bonds. The van der Waals surface area contributed by atoms with Gasteiger partial charge in [0.1, 0.15) is 0 Å². The predicted molar refractivity (Wildman–Crippen MR) is 94.5 cm³/mol. The molecule has 0 spiro atoms. The Morgan fingerprint density at radius 1 is 0.667 bits per heavy atom. The van der Waals surface area contributed by atoms with Gasteiger partial charge >= 0.3 is 0 Å². The number of aryl methyl sites for hydroxylation is 4. The third kappa shape index (κ3) is 3.68. The summed E-state index contributed by atoms with van der Waals surface area (Å²) in [6.07, 6.45) is 3.85.